The largest absolute Gasteiger partial charge is 0.349 e. The second-order valence-corrected chi connectivity index (χ2v) is 6.63. The Morgan fingerprint density at radius 1 is 1.17 bits per heavy atom. The average Bonchev–Trinajstić information content (AvgIpc) is 3.17. The van der Waals surface area contributed by atoms with Gasteiger partial charge in [-0.15, -0.1) is 0 Å². The Hall–Kier alpha value is -2.30. The number of benzene rings is 2. The lowest BCUT2D eigenvalue weighted by atomic mass is 10.1. The number of aromatic nitrogens is 1. The fourth-order valence-electron chi connectivity index (χ4n) is 3.16. The second kappa shape index (κ2) is 5.96. The molecule has 3 N–H and O–H groups in total. The van der Waals surface area contributed by atoms with Gasteiger partial charge in [0.1, 0.15) is 5.69 Å². The molecule has 1 amide bonds. The normalized spacial score (nSPS) is 13.2. The van der Waals surface area contributed by atoms with Gasteiger partial charge in [0.05, 0.1) is 5.02 Å². The lowest BCUT2D eigenvalue weighted by molar-refractivity contribution is 0.0947. The van der Waals surface area contributed by atoms with E-state index in [4.69, 9.17) is 11.6 Å². The summed E-state index contributed by atoms with van der Waals surface area (Å²) in [6.07, 6.45) is 0. The van der Waals surface area contributed by atoms with E-state index in [1.165, 1.54) is 11.1 Å². The second-order valence-electron chi connectivity index (χ2n) is 6.25. The van der Waals surface area contributed by atoms with E-state index in [0.717, 1.165) is 35.1 Å². The maximum atomic E-state index is 12.5. The maximum absolute atomic E-state index is 12.5. The Kier molecular flexibility index (Phi) is 3.79. The zero-order valence-corrected chi connectivity index (χ0v) is 14.1. The molecule has 0 atom stereocenters. The third-order valence-corrected chi connectivity index (χ3v) is 4.86. The molecule has 0 saturated carbocycles. The van der Waals surface area contributed by atoms with Gasteiger partial charge in [-0.1, -0.05) is 41.4 Å². The summed E-state index contributed by atoms with van der Waals surface area (Å²) >= 11 is 6.38. The number of amides is 1. The molecule has 3 aromatic rings. The molecule has 4 rings (SSSR count). The van der Waals surface area contributed by atoms with Crippen molar-refractivity contribution in [1.82, 2.24) is 15.6 Å². The summed E-state index contributed by atoms with van der Waals surface area (Å²) in [5, 5.41) is 7.63. The number of hydrogen-bond acceptors (Lipinski definition) is 2. The van der Waals surface area contributed by atoms with Gasteiger partial charge in [0.2, 0.25) is 0 Å². The summed E-state index contributed by atoms with van der Waals surface area (Å²) < 4.78 is 0. The Morgan fingerprint density at radius 2 is 2.00 bits per heavy atom. The van der Waals surface area contributed by atoms with Gasteiger partial charge in [-0.3, -0.25) is 4.79 Å². The minimum absolute atomic E-state index is 0.188. The lowest BCUT2D eigenvalue weighted by Gasteiger charge is -2.06. The van der Waals surface area contributed by atoms with Crippen LogP contribution in [-0.4, -0.2) is 10.9 Å². The van der Waals surface area contributed by atoms with E-state index >= 15 is 0 Å². The SMILES string of the molecule is Cc1ccc2[nH]c(C(=O)NCc3ccc4c(c3)CNC4)c(Cl)c2c1. The van der Waals surface area contributed by atoms with Gasteiger partial charge in [-0.25, -0.2) is 0 Å². The molecule has 122 valence electrons. The number of aromatic amines is 1. The van der Waals surface area contributed by atoms with Gasteiger partial charge >= 0.3 is 0 Å². The van der Waals surface area contributed by atoms with Crippen LogP contribution in [0.3, 0.4) is 0 Å². The fraction of sp³-hybridized carbons (Fsp3) is 0.211. The van der Waals surface area contributed by atoms with Crippen molar-refractivity contribution in [1.29, 1.82) is 0 Å². The molecule has 0 spiro atoms. The molecule has 0 bridgehead atoms. The molecule has 1 aliphatic rings. The van der Waals surface area contributed by atoms with Crippen molar-refractivity contribution in [3.63, 3.8) is 0 Å². The molecule has 2 heterocycles. The molecule has 5 heteroatoms. The van der Waals surface area contributed by atoms with Gasteiger partial charge in [-0.05, 0) is 35.7 Å². The molecule has 4 nitrogen and oxygen atoms in total. The van der Waals surface area contributed by atoms with E-state index in [1.54, 1.807) is 0 Å². The van der Waals surface area contributed by atoms with Crippen LogP contribution in [-0.2, 0) is 19.6 Å². The van der Waals surface area contributed by atoms with E-state index < -0.39 is 0 Å². The van der Waals surface area contributed by atoms with E-state index in [9.17, 15) is 4.79 Å². The molecule has 2 aromatic carbocycles. The van der Waals surface area contributed by atoms with Crippen molar-refractivity contribution in [3.05, 3.63) is 69.4 Å². The zero-order chi connectivity index (χ0) is 16.7. The van der Waals surface area contributed by atoms with Crippen LogP contribution in [0.25, 0.3) is 10.9 Å². The monoisotopic (exact) mass is 339 g/mol. The maximum Gasteiger partial charge on any atom is 0.269 e. The van der Waals surface area contributed by atoms with Crippen LogP contribution in [0.2, 0.25) is 5.02 Å². The highest BCUT2D eigenvalue weighted by Gasteiger charge is 2.17. The Balaban J connectivity index is 1.53. The number of H-pyrrole nitrogens is 1. The number of aryl methyl sites for hydroxylation is 1. The molecular weight excluding hydrogens is 322 g/mol. The quantitative estimate of drug-likeness (QED) is 0.682. The first-order chi connectivity index (χ1) is 11.6. The van der Waals surface area contributed by atoms with Crippen molar-refractivity contribution in [2.24, 2.45) is 0 Å². The molecule has 24 heavy (non-hydrogen) atoms. The van der Waals surface area contributed by atoms with Crippen LogP contribution in [0, 0.1) is 6.92 Å². The van der Waals surface area contributed by atoms with Crippen LogP contribution < -0.4 is 10.6 Å². The zero-order valence-electron chi connectivity index (χ0n) is 13.4. The summed E-state index contributed by atoms with van der Waals surface area (Å²) in [6, 6.07) is 12.2. The van der Waals surface area contributed by atoms with Crippen molar-refractivity contribution >= 4 is 28.4 Å². The Labute approximate surface area is 145 Å². The number of rotatable bonds is 3. The van der Waals surface area contributed by atoms with Crippen LogP contribution >= 0.6 is 11.6 Å². The van der Waals surface area contributed by atoms with Gasteiger partial charge in [0, 0.05) is 30.5 Å². The predicted octanol–water partition coefficient (Wildman–Crippen LogP) is 3.66. The van der Waals surface area contributed by atoms with E-state index in [2.05, 4.69) is 33.8 Å². The summed E-state index contributed by atoms with van der Waals surface area (Å²) in [7, 11) is 0. The smallest absolute Gasteiger partial charge is 0.269 e. The highest BCUT2D eigenvalue weighted by atomic mass is 35.5. The number of carbonyl (C=O) groups is 1. The molecule has 0 fully saturated rings. The first-order valence-electron chi connectivity index (χ1n) is 7.99. The molecule has 0 aliphatic carbocycles. The topological polar surface area (TPSA) is 56.9 Å². The highest BCUT2D eigenvalue weighted by molar-refractivity contribution is 6.38. The standard InChI is InChI=1S/C19H18ClN3O/c1-11-2-5-16-15(6-11)17(20)18(23-16)19(24)22-8-12-3-4-13-9-21-10-14(13)7-12/h2-7,21,23H,8-10H2,1H3,(H,22,24). The van der Waals surface area contributed by atoms with Crippen molar-refractivity contribution < 1.29 is 4.79 Å². The van der Waals surface area contributed by atoms with Gasteiger partial charge in [0.25, 0.3) is 5.91 Å². The van der Waals surface area contributed by atoms with Crippen molar-refractivity contribution in [2.75, 3.05) is 0 Å². The van der Waals surface area contributed by atoms with Gasteiger partial charge in [0.15, 0.2) is 0 Å². The first kappa shape index (κ1) is 15.2. The summed E-state index contributed by atoms with van der Waals surface area (Å²) in [5.74, 6) is -0.188. The summed E-state index contributed by atoms with van der Waals surface area (Å²) in [6.45, 7) is 4.30. The Bertz CT molecular complexity index is 945. The molecule has 1 aromatic heterocycles. The van der Waals surface area contributed by atoms with Crippen LogP contribution in [0.4, 0.5) is 0 Å². The average molecular weight is 340 g/mol. The minimum atomic E-state index is -0.188. The Morgan fingerprint density at radius 3 is 2.88 bits per heavy atom. The van der Waals surface area contributed by atoms with E-state index in [0.29, 0.717) is 17.3 Å². The third-order valence-electron chi connectivity index (χ3n) is 4.47. The van der Waals surface area contributed by atoms with Crippen molar-refractivity contribution in [3.8, 4) is 0 Å². The van der Waals surface area contributed by atoms with E-state index in [1.807, 2.05) is 25.1 Å². The van der Waals surface area contributed by atoms with Gasteiger partial charge < -0.3 is 15.6 Å². The molecule has 1 aliphatic heterocycles. The number of fused-ring (bicyclic) bond motifs is 2. The number of carbonyl (C=O) groups excluding carboxylic acids is 1. The van der Waals surface area contributed by atoms with Crippen molar-refractivity contribution in [2.45, 2.75) is 26.6 Å². The minimum Gasteiger partial charge on any atom is -0.349 e. The first-order valence-corrected chi connectivity index (χ1v) is 8.37. The van der Waals surface area contributed by atoms with Crippen LogP contribution in [0.15, 0.2) is 36.4 Å². The van der Waals surface area contributed by atoms with Gasteiger partial charge in [-0.2, -0.15) is 0 Å². The number of nitrogens with one attached hydrogen (secondary N) is 3. The molecule has 0 saturated heterocycles. The highest BCUT2D eigenvalue weighted by Crippen LogP contribution is 2.28. The van der Waals surface area contributed by atoms with Crippen LogP contribution in [0.1, 0.15) is 32.7 Å². The molecule has 0 unspecified atom stereocenters. The fourth-order valence-corrected chi connectivity index (χ4v) is 3.45. The molecule has 0 radical (unpaired) electrons. The van der Waals surface area contributed by atoms with E-state index in [-0.39, 0.29) is 5.91 Å². The number of halogens is 1. The predicted molar refractivity (Wildman–Crippen MR) is 96.2 cm³/mol. The lowest BCUT2D eigenvalue weighted by Crippen LogP contribution is -2.23. The summed E-state index contributed by atoms with van der Waals surface area (Å²) in [4.78, 5) is 15.6. The third kappa shape index (κ3) is 2.68. The number of hydrogen-bond donors (Lipinski definition) is 3. The van der Waals surface area contributed by atoms with Crippen LogP contribution in [0.5, 0.6) is 0 Å². The summed E-state index contributed by atoms with van der Waals surface area (Å²) in [5.41, 5.74) is 6.13. The molecular formula is C19H18ClN3O.